The molecule has 1 N–H and O–H groups in total. The van der Waals surface area contributed by atoms with Crippen molar-refractivity contribution in [3.8, 4) is 0 Å². The Bertz CT molecular complexity index is 348. The van der Waals surface area contributed by atoms with Crippen LogP contribution in [0.1, 0.15) is 46.0 Å². The number of hydrogen-bond donors (Lipinski definition) is 1. The monoisotopic (exact) mass is 279 g/mol. The quantitative estimate of drug-likeness (QED) is 0.849. The van der Waals surface area contributed by atoms with Crippen molar-refractivity contribution in [1.29, 1.82) is 0 Å². The maximum absolute atomic E-state index is 12.5. The molecule has 1 amide bonds. The van der Waals surface area contributed by atoms with Crippen LogP contribution in [0.2, 0.25) is 0 Å². The Morgan fingerprint density at radius 3 is 2.50 bits per heavy atom. The first-order valence-corrected chi connectivity index (χ1v) is 8.43. The molecule has 3 atom stereocenters. The number of nitrogens with one attached hydrogen (secondary N) is 1. The van der Waals surface area contributed by atoms with E-state index in [2.05, 4.69) is 29.0 Å². The summed E-state index contributed by atoms with van der Waals surface area (Å²) >= 11 is 0. The van der Waals surface area contributed by atoms with Crippen molar-refractivity contribution in [3.63, 3.8) is 0 Å². The molecule has 3 saturated heterocycles. The summed E-state index contributed by atoms with van der Waals surface area (Å²) in [7, 11) is 0. The van der Waals surface area contributed by atoms with Crippen LogP contribution < -0.4 is 5.32 Å². The average Bonchev–Trinajstić information content (AvgIpc) is 2.77. The largest absolute Gasteiger partial charge is 0.340 e. The van der Waals surface area contributed by atoms with E-state index in [0.717, 1.165) is 32.6 Å². The van der Waals surface area contributed by atoms with Crippen molar-refractivity contribution < 1.29 is 4.79 Å². The number of hydrogen-bond acceptors (Lipinski definition) is 3. The Balaban J connectivity index is 1.50. The number of nitrogens with zero attached hydrogens (tertiary/aromatic N) is 2. The van der Waals surface area contributed by atoms with Crippen molar-refractivity contribution in [2.24, 2.45) is 5.92 Å². The topological polar surface area (TPSA) is 35.6 Å². The van der Waals surface area contributed by atoms with Crippen LogP contribution in [0.15, 0.2) is 0 Å². The minimum Gasteiger partial charge on any atom is -0.340 e. The average molecular weight is 279 g/mol. The third kappa shape index (κ3) is 3.01. The highest BCUT2D eigenvalue weighted by Gasteiger charge is 2.35. The number of fused-ring (bicyclic) bond motifs is 2. The highest BCUT2D eigenvalue weighted by atomic mass is 16.2. The molecular formula is C16H29N3O. The molecular weight excluding hydrogens is 250 g/mol. The molecule has 4 heteroatoms. The summed E-state index contributed by atoms with van der Waals surface area (Å²) < 4.78 is 0. The third-order valence-corrected chi connectivity index (χ3v) is 5.56. The minimum absolute atomic E-state index is 0.402. The number of piperidine rings is 1. The Labute approximate surface area is 122 Å². The Morgan fingerprint density at radius 2 is 1.90 bits per heavy atom. The van der Waals surface area contributed by atoms with Gasteiger partial charge in [0.25, 0.3) is 0 Å². The van der Waals surface area contributed by atoms with Crippen molar-refractivity contribution in [2.75, 3.05) is 26.2 Å². The predicted molar refractivity (Wildman–Crippen MR) is 80.6 cm³/mol. The third-order valence-electron chi connectivity index (χ3n) is 5.56. The van der Waals surface area contributed by atoms with Crippen LogP contribution >= 0.6 is 0 Å². The predicted octanol–water partition coefficient (Wildman–Crippen LogP) is 1.46. The summed E-state index contributed by atoms with van der Waals surface area (Å²) in [6.07, 6.45) is 5.86. The molecule has 0 radical (unpaired) electrons. The lowest BCUT2D eigenvalue weighted by Gasteiger charge is -2.40. The maximum Gasteiger partial charge on any atom is 0.222 e. The molecule has 3 aliphatic heterocycles. The molecule has 3 heterocycles. The van der Waals surface area contributed by atoms with Gasteiger partial charge in [-0.15, -0.1) is 0 Å². The van der Waals surface area contributed by atoms with Crippen LogP contribution in [0.4, 0.5) is 0 Å². The highest BCUT2D eigenvalue weighted by molar-refractivity contribution is 5.76. The molecule has 2 bridgehead atoms. The number of likely N-dealkylation sites (N-methyl/N-ethyl adjacent to an activating group) is 1. The van der Waals surface area contributed by atoms with Crippen molar-refractivity contribution in [2.45, 2.75) is 64.1 Å². The van der Waals surface area contributed by atoms with Gasteiger partial charge in [-0.2, -0.15) is 0 Å². The number of carbonyl (C=O) groups excluding carboxylic acids is 1. The fraction of sp³-hybridized carbons (Fsp3) is 0.938. The van der Waals surface area contributed by atoms with Gasteiger partial charge < -0.3 is 10.2 Å². The lowest BCUT2D eigenvalue weighted by atomic mass is 9.89. The van der Waals surface area contributed by atoms with Gasteiger partial charge in [0.15, 0.2) is 0 Å². The molecule has 4 nitrogen and oxygen atoms in total. The summed E-state index contributed by atoms with van der Waals surface area (Å²) in [5.74, 6) is 1.03. The van der Waals surface area contributed by atoms with Gasteiger partial charge >= 0.3 is 0 Å². The molecule has 0 aromatic heterocycles. The van der Waals surface area contributed by atoms with Crippen LogP contribution in [-0.2, 0) is 4.79 Å². The van der Waals surface area contributed by atoms with E-state index in [4.69, 9.17) is 0 Å². The van der Waals surface area contributed by atoms with Gasteiger partial charge in [-0.3, -0.25) is 9.69 Å². The maximum atomic E-state index is 12.5. The second kappa shape index (κ2) is 6.02. The molecule has 3 rings (SSSR count). The smallest absolute Gasteiger partial charge is 0.222 e. The fourth-order valence-corrected chi connectivity index (χ4v) is 4.41. The zero-order valence-corrected chi connectivity index (χ0v) is 13.0. The van der Waals surface area contributed by atoms with Crippen molar-refractivity contribution in [1.82, 2.24) is 15.1 Å². The lowest BCUT2D eigenvalue weighted by Crippen LogP contribution is -2.53. The fourth-order valence-electron chi connectivity index (χ4n) is 4.41. The van der Waals surface area contributed by atoms with E-state index >= 15 is 0 Å². The molecule has 0 aliphatic carbocycles. The van der Waals surface area contributed by atoms with Gasteiger partial charge in [-0.05, 0) is 45.1 Å². The first-order chi connectivity index (χ1) is 9.65. The second-order valence-corrected chi connectivity index (χ2v) is 7.00. The normalized spacial score (nSPS) is 38.2. The molecule has 0 aromatic carbocycles. The van der Waals surface area contributed by atoms with E-state index in [1.54, 1.807) is 0 Å². The van der Waals surface area contributed by atoms with Gasteiger partial charge in [0.05, 0.1) is 0 Å². The van der Waals surface area contributed by atoms with E-state index < -0.39 is 0 Å². The van der Waals surface area contributed by atoms with Crippen LogP contribution in [0.5, 0.6) is 0 Å². The number of piperazine rings is 1. The van der Waals surface area contributed by atoms with E-state index in [0.29, 0.717) is 30.0 Å². The van der Waals surface area contributed by atoms with Gasteiger partial charge in [0, 0.05) is 44.2 Å². The Hall–Kier alpha value is -0.610. The van der Waals surface area contributed by atoms with Crippen LogP contribution in [0.3, 0.4) is 0 Å². The Morgan fingerprint density at radius 1 is 1.20 bits per heavy atom. The number of rotatable bonds is 3. The van der Waals surface area contributed by atoms with Crippen LogP contribution in [0.25, 0.3) is 0 Å². The number of amides is 1. The van der Waals surface area contributed by atoms with E-state index in [-0.39, 0.29) is 0 Å². The van der Waals surface area contributed by atoms with E-state index in [9.17, 15) is 4.79 Å². The summed E-state index contributed by atoms with van der Waals surface area (Å²) in [5.41, 5.74) is 0. The highest BCUT2D eigenvalue weighted by Crippen LogP contribution is 2.33. The zero-order valence-electron chi connectivity index (χ0n) is 13.0. The van der Waals surface area contributed by atoms with E-state index in [1.807, 2.05) is 0 Å². The summed E-state index contributed by atoms with van der Waals surface area (Å²) in [6, 6.07) is 1.91. The first kappa shape index (κ1) is 14.3. The summed E-state index contributed by atoms with van der Waals surface area (Å²) in [6.45, 7) is 8.44. The van der Waals surface area contributed by atoms with Gasteiger partial charge in [0.2, 0.25) is 5.91 Å². The summed E-state index contributed by atoms with van der Waals surface area (Å²) in [5, 5.41) is 3.66. The second-order valence-electron chi connectivity index (χ2n) is 7.00. The molecule has 0 saturated carbocycles. The Kier molecular flexibility index (Phi) is 4.32. The molecule has 3 aliphatic rings. The van der Waals surface area contributed by atoms with Crippen molar-refractivity contribution >= 4 is 5.91 Å². The van der Waals surface area contributed by atoms with Crippen LogP contribution in [0, 0.1) is 5.92 Å². The molecule has 0 aromatic rings. The van der Waals surface area contributed by atoms with Gasteiger partial charge in [-0.1, -0.05) is 6.92 Å². The molecule has 0 spiro atoms. The van der Waals surface area contributed by atoms with E-state index in [1.165, 1.54) is 25.7 Å². The SMILES string of the molecule is CCN1CCN(C(=O)CC2CC3CCC(C2)N3)CC1C. The van der Waals surface area contributed by atoms with Gasteiger partial charge in [0.1, 0.15) is 0 Å². The molecule has 20 heavy (non-hydrogen) atoms. The number of carbonyl (C=O) groups is 1. The van der Waals surface area contributed by atoms with Crippen LogP contribution in [-0.4, -0.2) is 60.0 Å². The zero-order chi connectivity index (χ0) is 14.1. The molecule has 3 fully saturated rings. The van der Waals surface area contributed by atoms with Gasteiger partial charge in [-0.25, -0.2) is 0 Å². The molecule has 3 unspecified atom stereocenters. The minimum atomic E-state index is 0.402. The first-order valence-electron chi connectivity index (χ1n) is 8.43. The lowest BCUT2D eigenvalue weighted by molar-refractivity contribution is -0.135. The standard InChI is InChI=1S/C16H29N3O/c1-3-18-6-7-19(11-12(18)2)16(20)10-13-8-14-4-5-15(9-13)17-14/h12-15,17H,3-11H2,1-2H3. The summed E-state index contributed by atoms with van der Waals surface area (Å²) in [4.78, 5) is 17.1. The molecule has 114 valence electrons. The van der Waals surface area contributed by atoms with Crippen molar-refractivity contribution in [3.05, 3.63) is 0 Å².